The molecule has 0 saturated carbocycles. The largest absolute Gasteiger partial charge is 0.486 e. The molecule has 9 heteroatoms. The highest BCUT2D eigenvalue weighted by Gasteiger charge is 2.24. The normalized spacial score (nSPS) is 16.4. The number of piperidine rings is 1. The van der Waals surface area contributed by atoms with E-state index < -0.39 is 0 Å². The van der Waals surface area contributed by atoms with Gasteiger partial charge in [0.25, 0.3) is 5.91 Å². The lowest BCUT2D eigenvalue weighted by atomic mass is 10.1. The third-order valence-electron chi connectivity index (χ3n) is 4.55. The summed E-state index contributed by atoms with van der Waals surface area (Å²) in [6.07, 6.45) is 5.35. The molecule has 1 saturated heterocycles. The zero-order valence-corrected chi connectivity index (χ0v) is 17.2. The number of aromatic nitrogens is 3. The zero-order chi connectivity index (χ0) is 20.1. The SMILES string of the molecule is O=C(NC1CCCN(c2ncccn2)C1)c1csc(COc2ccc(Cl)cc2)n1. The summed E-state index contributed by atoms with van der Waals surface area (Å²) in [5.74, 6) is 1.24. The fourth-order valence-corrected chi connectivity index (χ4v) is 3.96. The van der Waals surface area contributed by atoms with Crippen LogP contribution in [0.15, 0.2) is 48.1 Å². The van der Waals surface area contributed by atoms with Gasteiger partial charge in [0.1, 0.15) is 23.1 Å². The molecular formula is C20H20ClN5O2S. The number of carbonyl (C=O) groups is 1. The maximum absolute atomic E-state index is 12.6. The number of ether oxygens (including phenoxy) is 1. The summed E-state index contributed by atoms with van der Waals surface area (Å²) < 4.78 is 5.69. The third-order valence-corrected chi connectivity index (χ3v) is 5.63. The van der Waals surface area contributed by atoms with Crippen LogP contribution in [0.1, 0.15) is 28.3 Å². The smallest absolute Gasteiger partial charge is 0.271 e. The van der Waals surface area contributed by atoms with E-state index in [0.717, 1.165) is 24.4 Å². The van der Waals surface area contributed by atoms with Crippen molar-refractivity contribution < 1.29 is 9.53 Å². The summed E-state index contributed by atoms with van der Waals surface area (Å²) in [7, 11) is 0. The molecule has 1 amide bonds. The Balaban J connectivity index is 1.31. The van der Waals surface area contributed by atoms with E-state index in [1.165, 1.54) is 11.3 Å². The van der Waals surface area contributed by atoms with Crippen LogP contribution < -0.4 is 15.0 Å². The number of anilines is 1. The zero-order valence-electron chi connectivity index (χ0n) is 15.6. The molecule has 4 rings (SSSR count). The van der Waals surface area contributed by atoms with Gasteiger partial charge in [-0.25, -0.2) is 15.0 Å². The van der Waals surface area contributed by atoms with E-state index in [9.17, 15) is 4.79 Å². The summed E-state index contributed by atoms with van der Waals surface area (Å²) in [5, 5.41) is 6.24. The van der Waals surface area contributed by atoms with Crippen molar-refractivity contribution >= 4 is 34.8 Å². The van der Waals surface area contributed by atoms with Crippen LogP contribution in [0, 0.1) is 0 Å². The molecule has 2 aromatic heterocycles. The quantitative estimate of drug-likeness (QED) is 0.645. The molecule has 0 bridgehead atoms. The third kappa shape index (κ3) is 5.21. The number of carbonyl (C=O) groups excluding carboxylic acids is 1. The van der Waals surface area contributed by atoms with Crippen molar-refractivity contribution in [3.05, 3.63) is 63.8 Å². The Morgan fingerprint density at radius 3 is 2.86 bits per heavy atom. The Hall–Kier alpha value is -2.71. The van der Waals surface area contributed by atoms with E-state index in [1.54, 1.807) is 48.1 Å². The highest BCUT2D eigenvalue weighted by atomic mass is 35.5. The predicted octanol–water partition coefficient (Wildman–Crippen LogP) is 3.56. The van der Waals surface area contributed by atoms with Crippen molar-refractivity contribution in [2.45, 2.75) is 25.5 Å². The molecule has 0 spiro atoms. The molecule has 1 aliphatic heterocycles. The molecule has 1 atom stereocenters. The monoisotopic (exact) mass is 429 g/mol. The maximum Gasteiger partial charge on any atom is 0.271 e. The number of nitrogens with zero attached hydrogens (tertiary/aromatic N) is 4. The number of rotatable bonds is 6. The molecule has 1 aliphatic rings. The predicted molar refractivity (Wildman–Crippen MR) is 113 cm³/mol. The number of halogens is 1. The molecule has 150 valence electrons. The van der Waals surface area contributed by atoms with Gasteiger partial charge in [-0.05, 0) is 43.2 Å². The average Bonchev–Trinajstić information content (AvgIpc) is 3.23. The highest BCUT2D eigenvalue weighted by Crippen LogP contribution is 2.19. The Morgan fingerprint density at radius 1 is 1.28 bits per heavy atom. The van der Waals surface area contributed by atoms with Crippen LogP contribution in [0.25, 0.3) is 0 Å². The summed E-state index contributed by atoms with van der Waals surface area (Å²) in [6.45, 7) is 1.88. The molecular weight excluding hydrogens is 410 g/mol. The number of thiazole rings is 1. The minimum atomic E-state index is -0.167. The highest BCUT2D eigenvalue weighted by molar-refractivity contribution is 7.09. The maximum atomic E-state index is 12.6. The Labute approximate surface area is 177 Å². The van der Waals surface area contributed by atoms with Gasteiger partial charge in [0, 0.05) is 41.9 Å². The number of amides is 1. The molecule has 3 aromatic rings. The van der Waals surface area contributed by atoms with Gasteiger partial charge in [-0.15, -0.1) is 11.3 Å². The number of hydrogen-bond acceptors (Lipinski definition) is 7. The van der Waals surface area contributed by atoms with Crippen molar-refractivity contribution in [3.63, 3.8) is 0 Å². The molecule has 0 radical (unpaired) electrons. The van der Waals surface area contributed by atoms with Gasteiger partial charge in [-0.3, -0.25) is 4.79 Å². The van der Waals surface area contributed by atoms with Gasteiger partial charge >= 0.3 is 0 Å². The molecule has 7 nitrogen and oxygen atoms in total. The molecule has 29 heavy (non-hydrogen) atoms. The van der Waals surface area contributed by atoms with Gasteiger partial charge in [0.05, 0.1) is 0 Å². The van der Waals surface area contributed by atoms with E-state index in [2.05, 4.69) is 25.2 Å². The Morgan fingerprint density at radius 2 is 2.07 bits per heavy atom. The first-order valence-corrected chi connectivity index (χ1v) is 10.6. The first-order valence-electron chi connectivity index (χ1n) is 9.33. The van der Waals surface area contributed by atoms with E-state index in [4.69, 9.17) is 16.3 Å². The van der Waals surface area contributed by atoms with Crippen LogP contribution in [0.2, 0.25) is 5.02 Å². The van der Waals surface area contributed by atoms with Crippen LogP contribution in [0.4, 0.5) is 5.95 Å². The minimum absolute atomic E-state index is 0.0375. The Bertz CT molecular complexity index is 951. The number of hydrogen-bond donors (Lipinski definition) is 1. The first-order chi connectivity index (χ1) is 14.2. The molecule has 1 fully saturated rings. The van der Waals surface area contributed by atoms with E-state index >= 15 is 0 Å². The molecule has 1 unspecified atom stereocenters. The topological polar surface area (TPSA) is 80.2 Å². The summed E-state index contributed by atoms with van der Waals surface area (Å²) >= 11 is 7.28. The lowest BCUT2D eigenvalue weighted by molar-refractivity contribution is 0.0928. The summed E-state index contributed by atoms with van der Waals surface area (Å²) in [6, 6.07) is 8.97. The summed E-state index contributed by atoms with van der Waals surface area (Å²) in [4.78, 5) is 27.7. The second kappa shape index (κ2) is 9.19. The van der Waals surface area contributed by atoms with Crippen molar-refractivity contribution in [1.29, 1.82) is 0 Å². The van der Waals surface area contributed by atoms with Gasteiger partial charge in [-0.2, -0.15) is 0 Å². The van der Waals surface area contributed by atoms with E-state index in [-0.39, 0.29) is 11.9 Å². The van der Waals surface area contributed by atoms with Crippen LogP contribution in [-0.2, 0) is 6.61 Å². The van der Waals surface area contributed by atoms with Crippen LogP contribution in [-0.4, -0.2) is 40.0 Å². The Kier molecular flexibility index (Phi) is 6.21. The van der Waals surface area contributed by atoms with E-state index in [0.29, 0.717) is 35.6 Å². The number of benzene rings is 1. The average molecular weight is 430 g/mol. The number of nitrogens with one attached hydrogen (secondary N) is 1. The lowest BCUT2D eigenvalue weighted by Crippen LogP contribution is -2.48. The van der Waals surface area contributed by atoms with Crippen LogP contribution in [0.5, 0.6) is 5.75 Å². The van der Waals surface area contributed by atoms with Gasteiger partial charge in [-0.1, -0.05) is 11.6 Å². The first kappa shape index (κ1) is 19.6. The molecule has 1 N–H and O–H groups in total. The van der Waals surface area contributed by atoms with Crippen molar-refractivity contribution in [1.82, 2.24) is 20.3 Å². The van der Waals surface area contributed by atoms with Crippen molar-refractivity contribution in [2.75, 3.05) is 18.0 Å². The van der Waals surface area contributed by atoms with Gasteiger partial charge in [0.15, 0.2) is 0 Å². The molecule has 1 aromatic carbocycles. The lowest BCUT2D eigenvalue weighted by Gasteiger charge is -2.32. The van der Waals surface area contributed by atoms with Crippen molar-refractivity contribution in [2.24, 2.45) is 0 Å². The second-order valence-corrected chi connectivity index (χ2v) is 8.06. The molecule has 0 aliphatic carbocycles. The fourth-order valence-electron chi connectivity index (χ4n) is 3.15. The van der Waals surface area contributed by atoms with Crippen molar-refractivity contribution in [3.8, 4) is 5.75 Å². The molecule has 3 heterocycles. The second-order valence-electron chi connectivity index (χ2n) is 6.68. The van der Waals surface area contributed by atoms with Gasteiger partial charge in [0.2, 0.25) is 5.95 Å². The van der Waals surface area contributed by atoms with Crippen LogP contribution >= 0.6 is 22.9 Å². The van der Waals surface area contributed by atoms with Crippen LogP contribution in [0.3, 0.4) is 0 Å². The standard InChI is InChI=1S/C20H20ClN5O2S/c21-14-4-6-16(7-5-14)28-12-18-25-17(13-29-18)19(27)24-15-3-1-10-26(11-15)20-22-8-2-9-23-20/h2,4-9,13,15H,1,3,10-12H2,(H,24,27). The minimum Gasteiger partial charge on any atom is -0.486 e. The fraction of sp³-hybridized carbons (Fsp3) is 0.300. The van der Waals surface area contributed by atoms with Gasteiger partial charge < -0.3 is 15.0 Å². The summed E-state index contributed by atoms with van der Waals surface area (Å²) in [5.41, 5.74) is 0.415. The van der Waals surface area contributed by atoms with E-state index in [1.807, 2.05) is 0 Å².